The molecule has 136 valence electrons. The molecule has 1 amide bonds. The summed E-state index contributed by atoms with van der Waals surface area (Å²) in [5.41, 5.74) is 3.13. The largest absolute Gasteiger partial charge is 0.486 e. The molecule has 27 heavy (non-hydrogen) atoms. The summed E-state index contributed by atoms with van der Waals surface area (Å²) in [4.78, 5) is 16.8. The zero-order chi connectivity index (χ0) is 18.6. The Morgan fingerprint density at radius 2 is 1.81 bits per heavy atom. The number of aryl methyl sites for hydroxylation is 1. The summed E-state index contributed by atoms with van der Waals surface area (Å²) in [6.45, 7) is 3.04. The first kappa shape index (κ1) is 16.9. The van der Waals surface area contributed by atoms with E-state index in [1.54, 1.807) is 18.3 Å². The summed E-state index contributed by atoms with van der Waals surface area (Å²) in [5, 5.41) is 6.13. The Balaban J connectivity index is 1.51. The highest BCUT2D eigenvalue weighted by atomic mass is 16.6. The summed E-state index contributed by atoms with van der Waals surface area (Å²) < 4.78 is 11.1. The lowest BCUT2D eigenvalue weighted by molar-refractivity contribution is 0.102. The molecule has 2 N–H and O–H groups in total. The van der Waals surface area contributed by atoms with Crippen LogP contribution in [0.2, 0.25) is 0 Å². The Hall–Kier alpha value is -3.54. The van der Waals surface area contributed by atoms with Crippen LogP contribution in [0.5, 0.6) is 11.5 Å². The number of aromatic nitrogens is 1. The second-order valence-corrected chi connectivity index (χ2v) is 6.18. The Kier molecular flexibility index (Phi) is 4.61. The summed E-state index contributed by atoms with van der Waals surface area (Å²) in [7, 11) is 0. The number of benzene rings is 2. The van der Waals surface area contributed by atoms with E-state index >= 15 is 0 Å². The number of rotatable bonds is 4. The molecule has 3 aromatic rings. The van der Waals surface area contributed by atoms with E-state index in [1.807, 2.05) is 49.4 Å². The van der Waals surface area contributed by atoms with Crippen LogP contribution >= 0.6 is 0 Å². The van der Waals surface area contributed by atoms with Gasteiger partial charge in [0.25, 0.3) is 5.91 Å². The van der Waals surface area contributed by atoms with Crippen molar-refractivity contribution in [1.82, 2.24) is 4.98 Å². The van der Waals surface area contributed by atoms with Gasteiger partial charge in [0.05, 0.1) is 0 Å². The molecule has 0 saturated carbocycles. The number of anilines is 3. The molecule has 6 heteroatoms. The minimum absolute atomic E-state index is 0.183. The maximum absolute atomic E-state index is 12.6. The molecule has 0 radical (unpaired) electrons. The molecule has 0 aliphatic carbocycles. The zero-order valence-electron chi connectivity index (χ0n) is 14.9. The number of carbonyl (C=O) groups excluding carboxylic acids is 1. The van der Waals surface area contributed by atoms with Gasteiger partial charge in [-0.1, -0.05) is 18.2 Å². The van der Waals surface area contributed by atoms with Crippen molar-refractivity contribution in [3.8, 4) is 11.5 Å². The number of nitrogens with zero attached hydrogens (tertiary/aromatic N) is 1. The minimum Gasteiger partial charge on any atom is -0.486 e. The van der Waals surface area contributed by atoms with Gasteiger partial charge < -0.3 is 20.1 Å². The van der Waals surface area contributed by atoms with Crippen LogP contribution in [0.15, 0.2) is 60.8 Å². The normalized spacial score (nSPS) is 12.3. The van der Waals surface area contributed by atoms with E-state index < -0.39 is 0 Å². The van der Waals surface area contributed by atoms with Crippen molar-refractivity contribution in [3.05, 3.63) is 71.9 Å². The number of carbonyl (C=O) groups is 1. The van der Waals surface area contributed by atoms with Gasteiger partial charge in [0.2, 0.25) is 0 Å². The second kappa shape index (κ2) is 7.37. The Morgan fingerprint density at radius 1 is 1.00 bits per heavy atom. The fourth-order valence-corrected chi connectivity index (χ4v) is 2.82. The highest BCUT2D eigenvalue weighted by Gasteiger charge is 2.13. The van der Waals surface area contributed by atoms with Gasteiger partial charge in [0.15, 0.2) is 11.5 Å². The third kappa shape index (κ3) is 3.84. The molecule has 1 aliphatic rings. The number of para-hydroxylation sites is 1. The van der Waals surface area contributed by atoms with Gasteiger partial charge in [0.1, 0.15) is 19.0 Å². The Labute approximate surface area is 157 Å². The van der Waals surface area contributed by atoms with Crippen LogP contribution in [-0.2, 0) is 0 Å². The van der Waals surface area contributed by atoms with Crippen LogP contribution in [0.3, 0.4) is 0 Å². The van der Waals surface area contributed by atoms with Crippen LogP contribution in [0.25, 0.3) is 0 Å². The minimum atomic E-state index is -0.183. The lowest BCUT2D eigenvalue weighted by Crippen LogP contribution is -2.15. The molecule has 0 saturated heterocycles. The number of amides is 1. The fraction of sp³-hybridized carbons (Fsp3) is 0.143. The number of hydrogen-bond donors (Lipinski definition) is 2. The lowest BCUT2D eigenvalue weighted by atomic mass is 10.2. The van der Waals surface area contributed by atoms with Crippen molar-refractivity contribution in [3.63, 3.8) is 0 Å². The summed E-state index contributed by atoms with van der Waals surface area (Å²) in [6.07, 6.45) is 1.60. The highest BCUT2D eigenvalue weighted by Crippen LogP contribution is 2.33. The third-order valence-corrected chi connectivity index (χ3v) is 4.23. The van der Waals surface area contributed by atoms with E-state index in [1.165, 1.54) is 0 Å². The van der Waals surface area contributed by atoms with Crippen molar-refractivity contribution in [2.75, 3.05) is 23.8 Å². The number of ether oxygens (including phenoxy) is 2. The summed E-state index contributed by atoms with van der Waals surface area (Å²) in [6, 6.07) is 16.7. The van der Waals surface area contributed by atoms with Crippen molar-refractivity contribution >= 4 is 23.1 Å². The average molecular weight is 361 g/mol. The van der Waals surface area contributed by atoms with E-state index in [0.29, 0.717) is 30.3 Å². The maximum atomic E-state index is 12.6. The summed E-state index contributed by atoms with van der Waals surface area (Å²) >= 11 is 0. The van der Waals surface area contributed by atoms with Crippen LogP contribution in [-0.4, -0.2) is 24.1 Å². The predicted molar refractivity (Wildman–Crippen MR) is 104 cm³/mol. The van der Waals surface area contributed by atoms with Crippen molar-refractivity contribution in [1.29, 1.82) is 0 Å². The monoisotopic (exact) mass is 361 g/mol. The molecule has 6 nitrogen and oxygen atoms in total. The molecule has 4 rings (SSSR count). The van der Waals surface area contributed by atoms with E-state index in [9.17, 15) is 4.79 Å². The van der Waals surface area contributed by atoms with Crippen molar-refractivity contribution < 1.29 is 14.3 Å². The first-order valence-corrected chi connectivity index (χ1v) is 8.69. The standard InChI is InChI=1S/C21H19N3O3/c1-14-4-2-3-5-17(14)24-21(25)15-8-9-22-20(12-15)23-16-6-7-18-19(13-16)27-11-10-26-18/h2-9,12-13H,10-11H2,1H3,(H,22,23)(H,24,25). The van der Waals surface area contributed by atoms with Gasteiger partial charge in [-0.3, -0.25) is 4.79 Å². The topological polar surface area (TPSA) is 72.5 Å². The van der Waals surface area contributed by atoms with Crippen LogP contribution in [0.1, 0.15) is 15.9 Å². The molecule has 2 heterocycles. The average Bonchev–Trinajstić information content (AvgIpc) is 2.70. The van der Waals surface area contributed by atoms with Crippen molar-refractivity contribution in [2.45, 2.75) is 6.92 Å². The molecule has 0 bridgehead atoms. The van der Waals surface area contributed by atoms with Crippen molar-refractivity contribution in [2.24, 2.45) is 0 Å². The number of fused-ring (bicyclic) bond motifs is 1. The molecule has 1 aliphatic heterocycles. The van der Waals surface area contributed by atoms with Crippen LogP contribution in [0, 0.1) is 6.92 Å². The van der Waals surface area contributed by atoms with Crippen LogP contribution in [0.4, 0.5) is 17.2 Å². The highest BCUT2D eigenvalue weighted by molar-refractivity contribution is 6.05. The maximum Gasteiger partial charge on any atom is 0.255 e. The molecular weight excluding hydrogens is 342 g/mol. The first-order valence-electron chi connectivity index (χ1n) is 8.69. The smallest absolute Gasteiger partial charge is 0.255 e. The molecule has 0 unspecified atom stereocenters. The number of nitrogens with one attached hydrogen (secondary N) is 2. The predicted octanol–water partition coefficient (Wildman–Crippen LogP) is 4.16. The zero-order valence-corrected chi connectivity index (χ0v) is 14.9. The van der Waals surface area contributed by atoms with E-state index in [2.05, 4.69) is 15.6 Å². The molecular formula is C21H19N3O3. The third-order valence-electron chi connectivity index (χ3n) is 4.23. The van der Waals surface area contributed by atoms with Gasteiger partial charge in [0, 0.05) is 29.2 Å². The van der Waals surface area contributed by atoms with E-state index in [-0.39, 0.29) is 5.91 Å². The van der Waals surface area contributed by atoms with Gasteiger partial charge in [-0.2, -0.15) is 0 Å². The van der Waals surface area contributed by atoms with Gasteiger partial charge in [-0.15, -0.1) is 0 Å². The van der Waals surface area contributed by atoms with Gasteiger partial charge in [-0.25, -0.2) is 4.98 Å². The Bertz CT molecular complexity index is 988. The quantitative estimate of drug-likeness (QED) is 0.730. The molecule has 1 aromatic heterocycles. The summed E-state index contributed by atoms with van der Waals surface area (Å²) in [5.74, 6) is 1.81. The molecule has 0 fully saturated rings. The fourth-order valence-electron chi connectivity index (χ4n) is 2.82. The van der Waals surface area contributed by atoms with Gasteiger partial charge >= 0.3 is 0 Å². The number of pyridine rings is 1. The molecule has 2 aromatic carbocycles. The van der Waals surface area contributed by atoms with E-state index in [4.69, 9.17) is 9.47 Å². The van der Waals surface area contributed by atoms with Gasteiger partial charge in [-0.05, 0) is 42.8 Å². The Morgan fingerprint density at radius 3 is 2.67 bits per heavy atom. The molecule has 0 spiro atoms. The second-order valence-electron chi connectivity index (χ2n) is 6.18. The lowest BCUT2D eigenvalue weighted by Gasteiger charge is -2.19. The molecule has 0 atom stereocenters. The van der Waals surface area contributed by atoms with E-state index in [0.717, 1.165) is 22.7 Å². The number of hydrogen-bond acceptors (Lipinski definition) is 5. The first-order chi connectivity index (χ1) is 13.2. The van der Waals surface area contributed by atoms with Crippen LogP contribution < -0.4 is 20.1 Å². The SMILES string of the molecule is Cc1ccccc1NC(=O)c1ccnc(Nc2ccc3c(c2)OCCO3)c1.